The SMILES string of the molecule is CN(C)Cc1cccc(NC(=O)c2cn(-c3ccccc3)nn2)c1. The van der Waals surface area contributed by atoms with Gasteiger partial charge in [0.2, 0.25) is 0 Å². The number of anilines is 1. The minimum atomic E-state index is -0.279. The van der Waals surface area contributed by atoms with Gasteiger partial charge in [-0.15, -0.1) is 5.10 Å². The van der Waals surface area contributed by atoms with E-state index in [0.29, 0.717) is 0 Å². The molecule has 1 N–H and O–H groups in total. The molecule has 24 heavy (non-hydrogen) atoms. The van der Waals surface area contributed by atoms with Gasteiger partial charge in [-0.25, -0.2) is 4.68 Å². The van der Waals surface area contributed by atoms with E-state index in [0.717, 1.165) is 23.5 Å². The van der Waals surface area contributed by atoms with Gasteiger partial charge in [0.15, 0.2) is 5.69 Å². The van der Waals surface area contributed by atoms with Crippen LogP contribution in [-0.2, 0) is 6.54 Å². The minimum Gasteiger partial charge on any atom is -0.321 e. The van der Waals surface area contributed by atoms with Crippen LogP contribution in [0, 0.1) is 0 Å². The Morgan fingerprint density at radius 1 is 1.12 bits per heavy atom. The molecule has 122 valence electrons. The van der Waals surface area contributed by atoms with E-state index in [4.69, 9.17) is 0 Å². The smallest absolute Gasteiger partial charge is 0.277 e. The van der Waals surface area contributed by atoms with E-state index in [-0.39, 0.29) is 11.6 Å². The zero-order chi connectivity index (χ0) is 16.9. The van der Waals surface area contributed by atoms with Gasteiger partial charge in [0.05, 0.1) is 11.9 Å². The average Bonchev–Trinajstić information content (AvgIpc) is 3.05. The molecule has 0 fully saturated rings. The molecule has 0 saturated heterocycles. The molecule has 0 unspecified atom stereocenters. The minimum absolute atomic E-state index is 0.275. The molecule has 0 bridgehead atoms. The first kappa shape index (κ1) is 15.9. The van der Waals surface area contributed by atoms with Crippen LogP contribution in [0.2, 0.25) is 0 Å². The Hall–Kier alpha value is -2.99. The van der Waals surface area contributed by atoms with E-state index in [9.17, 15) is 4.79 Å². The molecule has 0 saturated carbocycles. The molecule has 0 spiro atoms. The first-order valence-electron chi connectivity index (χ1n) is 7.64. The van der Waals surface area contributed by atoms with E-state index in [1.807, 2.05) is 68.7 Å². The molecule has 2 aromatic carbocycles. The van der Waals surface area contributed by atoms with Crippen molar-refractivity contribution in [1.82, 2.24) is 19.9 Å². The third-order valence-corrected chi connectivity index (χ3v) is 3.43. The Morgan fingerprint density at radius 2 is 1.92 bits per heavy atom. The molecule has 0 aliphatic rings. The fourth-order valence-electron chi connectivity index (χ4n) is 2.38. The van der Waals surface area contributed by atoms with Crippen LogP contribution in [0.3, 0.4) is 0 Å². The largest absolute Gasteiger partial charge is 0.321 e. The summed E-state index contributed by atoms with van der Waals surface area (Å²) in [4.78, 5) is 14.4. The van der Waals surface area contributed by atoms with Gasteiger partial charge >= 0.3 is 0 Å². The van der Waals surface area contributed by atoms with Crippen molar-refractivity contribution in [1.29, 1.82) is 0 Å². The molecule has 0 radical (unpaired) electrons. The summed E-state index contributed by atoms with van der Waals surface area (Å²) in [5, 5.41) is 10.8. The number of amides is 1. The normalized spacial score (nSPS) is 10.8. The first-order chi connectivity index (χ1) is 11.6. The Kier molecular flexibility index (Phi) is 4.67. The van der Waals surface area contributed by atoms with Crippen LogP contribution >= 0.6 is 0 Å². The number of nitrogens with one attached hydrogen (secondary N) is 1. The maximum absolute atomic E-state index is 12.4. The Balaban J connectivity index is 1.73. The highest BCUT2D eigenvalue weighted by atomic mass is 16.2. The second kappa shape index (κ2) is 7.06. The van der Waals surface area contributed by atoms with Gasteiger partial charge in [-0.3, -0.25) is 4.79 Å². The molecular formula is C18H19N5O. The van der Waals surface area contributed by atoms with Crippen LogP contribution in [0.25, 0.3) is 5.69 Å². The number of aromatic nitrogens is 3. The number of carbonyl (C=O) groups excluding carboxylic acids is 1. The predicted molar refractivity (Wildman–Crippen MR) is 93.1 cm³/mol. The number of para-hydroxylation sites is 1. The predicted octanol–water partition coefficient (Wildman–Crippen LogP) is 2.58. The van der Waals surface area contributed by atoms with Crippen LogP contribution in [0.1, 0.15) is 16.1 Å². The van der Waals surface area contributed by atoms with Gasteiger partial charge in [-0.05, 0) is 43.9 Å². The summed E-state index contributed by atoms with van der Waals surface area (Å²) < 4.78 is 1.58. The summed E-state index contributed by atoms with van der Waals surface area (Å²) in [5.74, 6) is -0.279. The van der Waals surface area contributed by atoms with Crippen molar-refractivity contribution in [3.8, 4) is 5.69 Å². The van der Waals surface area contributed by atoms with Crippen molar-refractivity contribution < 1.29 is 4.79 Å². The average molecular weight is 321 g/mol. The van der Waals surface area contributed by atoms with Crippen molar-refractivity contribution in [2.75, 3.05) is 19.4 Å². The van der Waals surface area contributed by atoms with Gasteiger partial charge in [-0.2, -0.15) is 0 Å². The van der Waals surface area contributed by atoms with Gasteiger partial charge in [0, 0.05) is 12.2 Å². The molecule has 1 heterocycles. The van der Waals surface area contributed by atoms with Gasteiger partial charge in [0.1, 0.15) is 0 Å². The molecule has 1 amide bonds. The lowest BCUT2D eigenvalue weighted by molar-refractivity contribution is 0.102. The molecule has 0 aliphatic carbocycles. The molecule has 0 atom stereocenters. The summed E-state index contributed by atoms with van der Waals surface area (Å²) in [6.07, 6.45) is 1.62. The lowest BCUT2D eigenvalue weighted by atomic mass is 10.2. The molecule has 1 aromatic heterocycles. The van der Waals surface area contributed by atoms with Crippen molar-refractivity contribution in [2.24, 2.45) is 0 Å². The number of hydrogen-bond acceptors (Lipinski definition) is 4. The Labute approximate surface area is 140 Å². The van der Waals surface area contributed by atoms with Crippen LogP contribution in [-0.4, -0.2) is 39.9 Å². The maximum atomic E-state index is 12.4. The second-order valence-electron chi connectivity index (χ2n) is 5.78. The molecule has 6 heteroatoms. The molecule has 0 aliphatic heterocycles. The van der Waals surface area contributed by atoms with Gasteiger partial charge < -0.3 is 10.2 Å². The van der Waals surface area contributed by atoms with Crippen molar-refractivity contribution in [3.05, 3.63) is 72.1 Å². The number of carbonyl (C=O) groups is 1. The summed E-state index contributed by atoms with van der Waals surface area (Å²) in [5.41, 5.74) is 3.01. The van der Waals surface area contributed by atoms with Gasteiger partial charge in [0.25, 0.3) is 5.91 Å². The molecular weight excluding hydrogens is 302 g/mol. The quantitative estimate of drug-likeness (QED) is 0.784. The van der Waals surface area contributed by atoms with Crippen molar-refractivity contribution in [2.45, 2.75) is 6.54 Å². The highest BCUT2D eigenvalue weighted by Crippen LogP contribution is 2.13. The maximum Gasteiger partial charge on any atom is 0.277 e. The first-order valence-corrected chi connectivity index (χ1v) is 7.64. The van der Waals surface area contributed by atoms with Crippen LogP contribution in [0.4, 0.5) is 5.69 Å². The van der Waals surface area contributed by atoms with Crippen LogP contribution < -0.4 is 5.32 Å². The third-order valence-electron chi connectivity index (χ3n) is 3.43. The second-order valence-corrected chi connectivity index (χ2v) is 5.78. The highest BCUT2D eigenvalue weighted by molar-refractivity contribution is 6.02. The Morgan fingerprint density at radius 3 is 2.67 bits per heavy atom. The van der Waals surface area contributed by atoms with Crippen molar-refractivity contribution in [3.63, 3.8) is 0 Å². The highest BCUT2D eigenvalue weighted by Gasteiger charge is 2.12. The third kappa shape index (κ3) is 3.85. The van der Waals surface area contributed by atoms with E-state index >= 15 is 0 Å². The van der Waals surface area contributed by atoms with Gasteiger partial charge in [-0.1, -0.05) is 35.5 Å². The molecule has 6 nitrogen and oxygen atoms in total. The lowest BCUT2D eigenvalue weighted by Crippen LogP contribution is -2.14. The zero-order valence-corrected chi connectivity index (χ0v) is 13.7. The number of rotatable bonds is 5. The standard InChI is InChI=1S/C18H19N5O/c1-22(2)12-14-7-6-8-15(11-14)19-18(24)17-13-23(21-20-17)16-9-4-3-5-10-16/h3-11,13H,12H2,1-2H3,(H,19,24). The van der Waals surface area contributed by atoms with Crippen LogP contribution in [0.15, 0.2) is 60.8 Å². The summed E-state index contributed by atoms with van der Waals surface area (Å²) in [6, 6.07) is 17.3. The lowest BCUT2D eigenvalue weighted by Gasteiger charge is -2.11. The zero-order valence-electron chi connectivity index (χ0n) is 13.7. The summed E-state index contributed by atoms with van der Waals surface area (Å²) in [6.45, 7) is 0.813. The number of nitrogens with zero attached hydrogens (tertiary/aromatic N) is 4. The van der Waals surface area contributed by atoms with Crippen molar-refractivity contribution >= 4 is 11.6 Å². The Bertz CT molecular complexity index is 826. The monoisotopic (exact) mass is 321 g/mol. The molecule has 3 aromatic rings. The fraction of sp³-hybridized carbons (Fsp3) is 0.167. The van der Waals surface area contributed by atoms with Crippen LogP contribution in [0.5, 0.6) is 0 Å². The van der Waals surface area contributed by atoms with E-state index in [1.54, 1.807) is 10.9 Å². The fourth-order valence-corrected chi connectivity index (χ4v) is 2.38. The number of hydrogen-bond donors (Lipinski definition) is 1. The topological polar surface area (TPSA) is 63.1 Å². The van der Waals surface area contributed by atoms with E-state index in [1.165, 1.54) is 0 Å². The number of benzene rings is 2. The van der Waals surface area contributed by atoms with E-state index in [2.05, 4.69) is 20.5 Å². The summed E-state index contributed by atoms with van der Waals surface area (Å²) >= 11 is 0. The molecule has 3 rings (SSSR count). The summed E-state index contributed by atoms with van der Waals surface area (Å²) in [7, 11) is 4.01. The van der Waals surface area contributed by atoms with E-state index < -0.39 is 0 Å².